The molecule has 2 heterocycles. The second-order valence-corrected chi connectivity index (χ2v) is 16.0. The molecule has 0 saturated carbocycles. The van der Waals surface area contributed by atoms with Gasteiger partial charge in [-0.3, -0.25) is 0 Å². The summed E-state index contributed by atoms with van der Waals surface area (Å²) in [4.78, 5) is 15.3. The Kier molecular flexibility index (Phi) is 6.61. The molecule has 0 amide bonds. The van der Waals surface area contributed by atoms with Gasteiger partial charge in [0.1, 0.15) is 11.2 Å². The standard InChI is InChI=1S/C51H37N3O/c1-50(2)41-19-11-9-16-36(41)39-27-32(23-26-42(39)50)48-52-47(30-13-6-5-7-14-30)53-49(54-48)33-22-25-38-45(29-33)55-44-20-12-17-34(46(38)44)31-21-24-37-35-15-8-10-18-40(35)51(3,4)43(37)28-31/h5-29H,1-4H3. The summed E-state index contributed by atoms with van der Waals surface area (Å²) in [7, 11) is 0. The van der Waals surface area contributed by atoms with Crippen molar-refractivity contribution in [1.29, 1.82) is 0 Å². The first-order chi connectivity index (χ1) is 26.8. The molecule has 0 aliphatic heterocycles. The molecule has 0 spiro atoms. The lowest BCUT2D eigenvalue weighted by Gasteiger charge is -2.22. The van der Waals surface area contributed by atoms with Crippen LogP contribution in [0.15, 0.2) is 156 Å². The number of rotatable bonds is 4. The van der Waals surface area contributed by atoms with Crippen molar-refractivity contribution in [3.8, 4) is 67.5 Å². The lowest BCUT2D eigenvalue weighted by atomic mass is 9.81. The van der Waals surface area contributed by atoms with Crippen molar-refractivity contribution in [2.75, 3.05) is 0 Å². The van der Waals surface area contributed by atoms with E-state index in [0.29, 0.717) is 17.5 Å². The van der Waals surface area contributed by atoms with Crippen LogP contribution in [0, 0.1) is 0 Å². The summed E-state index contributed by atoms with van der Waals surface area (Å²) in [5.41, 5.74) is 17.2. The Labute approximate surface area is 320 Å². The largest absolute Gasteiger partial charge is 0.456 e. The second kappa shape index (κ2) is 11.4. The number of hydrogen-bond acceptors (Lipinski definition) is 4. The number of furan rings is 1. The maximum absolute atomic E-state index is 6.62. The molecule has 2 aliphatic carbocycles. The van der Waals surface area contributed by atoms with Gasteiger partial charge in [-0.05, 0) is 86.0 Å². The van der Waals surface area contributed by atoms with Gasteiger partial charge in [0.05, 0.1) is 0 Å². The predicted octanol–water partition coefficient (Wildman–Crippen LogP) is 13.1. The molecule has 0 atom stereocenters. The molecule has 2 aliphatic rings. The molecule has 55 heavy (non-hydrogen) atoms. The molecule has 0 N–H and O–H groups in total. The van der Waals surface area contributed by atoms with Gasteiger partial charge in [-0.1, -0.05) is 149 Å². The first-order valence-electron chi connectivity index (χ1n) is 19.0. The highest BCUT2D eigenvalue weighted by molar-refractivity contribution is 6.13. The van der Waals surface area contributed by atoms with E-state index in [0.717, 1.165) is 44.2 Å². The molecule has 9 aromatic rings. The summed E-state index contributed by atoms with van der Waals surface area (Å²) < 4.78 is 6.62. The highest BCUT2D eigenvalue weighted by atomic mass is 16.3. The van der Waals surface area contributed by atoms with Crippen LogP contribution in [0.4, 0.5) is 0 Å². The fourth-order valence-electron chi connectivity index (χ4n) is 9.29. The Hall–Kier alpha value is -6.65. The third-order valence-electron chi connectivity index (χ3n) is 12.2. The van der Waals surface area contributed by atoms with Gasteiger partial charge >= 0.3 is 0 Å². The summed E-state index contributed by atoms with van der Waals surface area (Å²) in [6.07, 6.45) is 0. The number of aromatic nitrogens is 3. The van der Waals surface area contributed by atoms with Crippen LogP contribution >= 0.6 is 0 Å². The zero-order valence-corrected chi connectivity index (χ0v) is 31.2. The molecule has 4 heteroatoms. The third kappa shape index (κ3) is 4.67. The molecule has 0 saturated heterocycles. The third-order valence-corrected chi connectivity index (χ3v) is 12.2. The maximum Gasteiger partial charge on any atom is 0.164 e. The van der Waals surface area contributed by atoms with Crippen LogP contribution in [0.5, 0.6) is 0 Å². The van der Waals surface area contributed by atoms with Gasteiger partial charge < -0.3 is 4.42 Å². The minimum absolute atomic E-state index is 0.0746. The van der Waals surface area contributed by atoms with Crippen LogP contribution in [-0.4, -0.2) is 15.0 Å². The molecular formula is C51H37N3O. The van der Waals surface area contributed by atoms with E-state index in [-0.39, 0.29) is 10.8 Å². The smallest absolute Gasteiger partial charge is 0.164 e. The van der Waals surface area contributed by atoms with E-state index in [2.05, 4.69) is 149 Å². The van der Waals surface area contributed by atoms with Crippen molar-refractivity contribution in [3.05, 3.63) is 174 Å². The zero-order valence-electron chi connectivity index (χ0n) is 31.2. The van der Waals surface area contributed by atoms with E-state index in [1.54, 1.807) is 0 Å². The Balaban J connectivity index is 1.04. The van der Waals surface area contributed by atoms with E-state index < -0.39 is 0 Å². The van der Waals surface area contributed by atoms with Crippen molar-refractivity contribution >= 4 is 21.9 Å². The highest BCUT2D eigenvalue weighted by Gasteiger charge is 2.36. The van der Waals surface area contributed by atoms with Crippen LogP contribution in [-0.2, 0) is 10.8 Å². The summed E-state index contributed by atoms with van der Waals surface area (Å²) >= 11 is 0. The van der Waals surface area contributed by atoms with Crippen molar-refractivity contribution in [2.24, 2.45) is 0 Å². The highest BCUT2D eigenvalue weighted by Crippen LogP contribution is 2.51. The van der Waals surface area contributed by atoms with Gasteiger partial charge in [0, 0.05) is 38.3 Å². The minimum Gasteiger partial charge on any atom is -0.456 e. The zero-order chi connectivity index (χ0) is 37.1. The quantitative estimate of drug-likeness (QED) is 0.183. The van der Waals surface area contributed by atoms with Gasteiger partial charge in [0.2, 0.25) is 0 Å². The molecular weight excluding hydrogens is 671 g/mol. The van der Waals surface area contributed by atoms with Gasteiger partial charge in [-0.2, -0.15) is 0 Å². The van der Waals surface area contributed by atoms with E-state index in [1.165, 1.54) is 50.1 Å². The first kappa shape index (κ1) is 31.8. The Morgan fingerprint density at radius 1 is 0.364 bits per heavy atom. The van der Waals surface area contributed by atoms with Crippen LogP contribution in [0.1, 0.15) is 49.9 Å². The van der Waals surface area contributed by atoms with E-state index in [4.69, 9.17) is 19.4 Å². The summed E-state index contributed by atoms with van der Waals surface area (Å²) in [6.45, 7) is 9.26. The van der Waals surface area contributed by atoms with E-state index in [9.17, 15) is 0 Å². The number of hydrogen-bond donors (Lipinski definition) is 0. The number of benzene rings is 7. The first-order valence-corrected chi connectivity index (χ1v) is 19.0. The average Bonchev–Trinajstić information content (AvgIpc) is 3.80. The number of fused-ring (bicyclic) bond motifs is 9. The molecule has 0 radical (unpaired) electrons. The van der Waals surface area contributed by atoms with Crippen LogP contribution in [0.25, 0.3) is 89.5 Å². The second-order valence-electron chi connectivity index (χ2n) is 16.0. The number of nitrogens with zero attached hydrogens (tertiary/aromatic N) is 3. The molecule has 0 unspecified atom stereocenters. The van der Waals surface area contributed by atoms with Crippen molar-refractivity contribution in [2.45, 2.75) is 38.5 Å². The van der Waals surface area contributed by atoms with Crippen LogP contribution < -0.4 is 0 Å². The predicted molar refractivity (Wildman–Crippen MR) is 224 cm³/mol. The Morgan fingerprint density at radius 2 is 0.909 bits per heavy atom. The van der Waals surface area contributed by atoms with E-state index in [1.807, 2.05) is 30.3 Å². The maximum atomic E-state index is 6.62. The lowest BCUT2D eigenvalue weighted by Crippen LogP contribution is -2.14. The topological polar surface area (TPSA) is 51.8 Å². The Morgan fingerprint density at radius 3 is 1.65 bits per heavy atom. The van der Waals surface area contributed by atoms with Crippen molar-refractivity contribution in [1.82, 2.24) is 15.0 Å². The van der Waals surface area contributed by atoms with Crippen LogP contribution in [0.3, 0.4) is 0 Å². The van der Waals surface area contributed by atoms with Crippen LogP contribution in [0.2, 0.25) is 0 Å². The molecule has 0 bridgehead atoms. The van der Waals surface area contributed by atoms with Gasteiger partial charge in [0.25, 0.3) is 0 Å². The lowest BCUT2D eigenvalue weighted by molar-refractivity contribution is 0.660. The summed E-state index contributed by atoms with van der Waals surface area (Å²) in [5.74, 6) is 1.88. The molecule has 11 rings (SSSR count). The SMILES string of the molecule is CC1(C)c2ccccc2-c2cc(-c3nc(-c4ccccc4)nc(-c4ccc5c(c4)oc4cccc(-c6ccc7c(c6)C(C)(C)c6ccccc6-7)c45)n3)ccc21. The molecule has 2 aromatic heterocycles. The van der Waals surface area contributed by atoms with Gasteiger partial charge in [-0.15, -0.1) is 0 Å². The summed E-state index contributed by atoms with van der Waals surface area (Å²) in [6, 6.07) is 54.0. The molecule has 7 aromatic carbocycles. The normalized spacial score (nSPS) is 14.5. The van der Waals surface area contributed by atoms with Crippen molar-refractivity contribution < 1.29 is 4.42 Å². The minimum atomic E-state index is -0.0773. The molecule has 262 valence electrons. The summed E-state index contributed by atoms with van der Waals surface area (Å²) in [5, 5.41) is 2.18. The van der Waals surface area contributed by atoms with Gasteiger partial charge in [0.15, 0.2) is 17.5 Å². The monoisotopic (exact) mass is 707 g/mol. The fourth-order valence-corrected chi connectivity index (χ4v) is 9.29. The molecule has 4 nitrogen and oxygen atoms in total. The van der Waals surface area contributed by atoms with E-state index >= 15 is 0 Å². The molecule has 0 fully saturated rings. The average molecular weight is 708 g/mol. The Bertz CT molecular complexity index is 3040. The van der Waals surface area contributed by atoms with Crippen molar-refractivity contribution in [3.63, 3.8) is 0 Å². The van der Waals surface area contributed by atoms with Gasteiger partial charge in [-0.25, -0.2) is 15.0 Å². The fraction of sp³-hybridized carbons (Fsp3) is 0.118.